The molecule has 25 heavy (non-hydrogen) atoms. The van der Waals surface area contributed by atoms with E-state index in [1.54, 1.807) is 0 Å². The van der Waals surface area contributed by atoms with E-state index >= 15 is 0 Å². The number of ether oxygens (including phenoxy) is 1. The molecule has 0 fully saturated rings. The first-order valence-corrected chi connectivity index (χ1v) is 8.77. The van der Waals surface area contributed by atoms with Gasteiger partial charge in [-0.2, -0.15) is 5.10 Å². The van der Waals surface area contributed by atoms with Gasteiger partial charge in [0.1, 0.15) is 12.4 Å². The summed E-state index contributed by atoms with van der Waals surface area (Å²) in [5, 5.41) is 7.61. The van der Waals surface area contributed by atoms with Gasteiger partial charge in [0.15, 0.2) is 5.96 Å². The summed E-state index contributed by atoms with van der Waals surface area (Å²) in [5.74, 6) is 1.83. The largest absolute Gasteiger partial charge is 0.491 e. The molecule has 0 aliphatic carbocycles. The van der Waals surface area contributed by atoms with Crippen molar-refractivity contribution in [2.75, 3.05) is 33.3 Å². The van der Waals surface area contributed by atoms with Crippen molar-refractivity contribution in [1.29, 1.82) is 0 Å². The molecule has 2 aromatic rings. The van der Waals surface area contributed by atoms with Crippen molar-refractivity contribution in [2.24, 2.45) is 4.99 Å². The summed E-state index contributed by atoms with van der Waals surface area (Å²) in [6, 6.07) is 8.07. The van der Waals surface area contributed by atoms with Crippen molar-refractivity contribution in [3.8, 4) is 5.75 Å². The Labute approximate surface area is 150 Å². The molecule has 0 spiro atoms. The summed E-state index contributed by atoms with van der Waals surface area (Å²) in [5.41, 5.74) is 2.32. The molecular formula is C19H29N5O. The number of aliphatic imine (C=N–C) groups is 1. The Morgan fingerprint density at radius 1 is 1.32 bits per heavy atom. The predicted octanol–water partition coefficient (Wildman–Crippen LogP) is 2.48. The van der Waals surface area contributed by atoms with E-state index in [1.807, 2.05) is 49.2 Å². The molecule has 0 saturated carbocycles. The number of para-hydroxylation sites is 1. The van der Waals surface area contributed by atoms with E-state index in [0.717, 1.165) is 36.9 Å². The maximum absolute atomic E-state index is 5.87. The van der Waals surface area contributed by atoms with Gasteiger partial charge >= 0.3 is 0 Å². The second-order valence-electron chi connectivity index (χ2n) is 6.05. The summed E-state index contributed by atoms with van der Waals surface area (Å²) in [6.07, 6.45) is 3.89. The highest BCUT2D eigenvalue weighted by atomic mass is 16.5. The zero-order valence-corrected chi connectivity index (χ0v) is 15.7. The van der Waals surface area contributed by atoms with Crippen molar-refractivity contribution in [3.63, 3.8) is 0 Å². The van der Waals surface area contributed by atoms with Crippen molar-refractivity contribution in [2.45, 2.75) is 27.3 Å². The Morgan fingerprint density at radius 3 is 2.80 bits per heavy atom. The lowest BCUT2D eigenvalue weighted by Gasteiger charge is -2.22. The lowest BCUT2D eigenvalue weighted by Crippen LogP contribution is -2.41. The predicted molar refractivity (Wildman–Crippen MR) is 102 cm³/mol. The van der Waals surface area contributed by atoms with E-state index in [4.69, 9.17) is 4.74 Å². The van der Waals surface area contributed by atoms with Gasteiger partial charge in [-0.3, -0.25) is 9.67 Å². The Morgan fingerprint density at radius 2 is 2.12 bits per heavy atom. The normalized spacial score (nSPS) is 11.4. The smallest absolute Gasteiger partial charge is 0.193 e. The molecule has 0 atom stereocenters. The number of aryl methyl sites for hydroxylation is 2. The van der Waals surface area contributed by atoms with E-state index in [2.05, 4.69) is 40.2 Å². The Kier molecular flexibility index (Phi) is 7.32. The quantitative estimate of drug-likeness (QED) is 0.591. The molecule has 0 unspecified atom stereocenters. The number of nitrogens with one attached hydrogen (secondary N) is 1. The Bertz CT molecular complexity index is 680. The second-order valence-corrected chi connectivity index (χ2v) is 6.05. The van der Waals surface area contributed by atoms with Gasteiger partial charge in [-0.25, -0.2) is 0 Å². The van der Waals surface area contributed by atoms with Crippen molar-refractivity contribution < 1.29 is 4.74 Å². The van der Waals surface area contributed by atoms with Gasteiger partial charge in [0.05, 0.1) is 25.8 Å². The van der Waals surface area contributed by atoms with Gasteiger partial charge in [-0.1, -0.05) is 18.2 Å². The van der Waals surface area contributed by atoms with Crippen LogP contribution in [-0.2, 0) is 6.54 Å². The average Bonchev–Trinajstić information content (AvgIpc) is 3.01. The highest BCUT2D eigenvalue weighted by Gasteiger charge is 2.06. The van der Waals surface area contributed by atoms with Crippen LogP contribution in [0.15, 0.2) is 41.7 Å². The molecule has 0 amide bonds. The van der Waals surface area contributed by atoms with Crippen LogP contribution in [0.1, 0.15) is 18.1 Å². The highest BCUT2D eigenvalue weighted by Crippen LogP contribution is 2.15. The molecule has 1 heterocycles. The fraction of sp³-hybridized carbons (Fsp3) is 0.474. The third-order valence-corrected chi connectivity index (χ3v) is 3.83. The summed E-state index contributed by atoms with van der Waals surface area (Å²) in [7, 11) is 2.03. The van der Waals surface area contributed by atoms with Crippen LogP contribution in [-0.4, -0.2) is 53.9 Å². The number of likely N-dealkylation sites (N-methyl/N-ethyl adjacent to an activating group) is 1. The van der Waals surface area contributed by atoms with Gasteiger partial charge < -0.3 is 15.0 Å². The summed E-state index contributed by atoms with van der Waals surface area (Å²) in [6.45, 7) is 9.85. The molecule has 1 aromatic carbocycles. The lowest BCUT2D eigenvalue weighted by molar-refractivity contribution is 0.280. The van der Waals surface area contributed by atoms with E-state index in [9.17, 15) is 0 Å². The fourth-order valence-electron chi connectivity index (χ4n) is 2.43. The number of benzene rings is 1. The minimum absolute atomic E-state index is 0.615. The zero-order chi connectivity index (χ0) is 18.1. The van der Waals surface area contributed by atoms with Crippen LogP contribution in [0.3, 0.4) is 0 Å². The van der Waals surface area contributed by atoms with E-state index in [0.29, 0.717) is 13.2 Å². The molecule has 0 saturated heterocycles. The molecule has 6 nitrogen and oxygen atoms in total. The van der Waals surface area contributed by atoms with Crippen molar-refractivity contribution in [3.05, 3.63) is 47.8 Å². The van der Waals surface area contributed by atoms with Crippen LogP contribution < -0.4 is 10.1 Å². The van der Waals surface area contributed by atoms with Gasteiger partial charge in [0, 0.05) is 19.8 Å². The third-order valence-electron chi connectivity index (χ3n) is 3.83. The molecule has 1 N–H and O–H groups in total. The average molecular weight is 343 g/mol. The number of nitrogens with zero attached hydrogens (tertiary/aromatic N) is 4. The maximum atomic E-state index is 5.87. The number of rotatable bonds is 8. The molecule has 0 aliphatic heterocycles. The highest BCUT2D eigenvalue weighted by molar-refractivity contribution is 5.79. The third kappa shape index (κ3) is 6.14. The monoisotopic (exact) mass is 343 g/mol. The van der Waals surface area contributed by atoms with Crippen LogP contribution in [0.4, 0.5) is 0 Å². The molecular weight excluding hydrogens is 314 g/mol. The van der Waals surface area contributed by atoms with Gasteiger partial charge in [-0.15, -0.1) is 0 Å². The van der Waals surface area contributed by atoms with Crippen molar-refractivity contribution in [1.82, 2.24) is 20.0 Å². The summed E-state index contributed by atoms with van der Waals surface area (Å²) >= 11 is 0. The van der Waals surface area contributed by atoms with Crippen molar-refractivity contribution >= 4 is 5.96 Å². The lowest BCUT2D eigenvalue weighted by atomic mass is 10.2. The molecule has 0 aliphatic rings. The molecule has 0 radical (unpaired) electrons. The van der Waals surface area contributed by atoms with Gasteiger partial charge in [0.25, 0.3) is 0 Å². The number of hydrogen-bond donors (Lipinski definition) is 1. The first-order valence-electron chi connectivity index (χ1n) is 8.77. The fourth-order valence-corrected chi connectivity index (χ4v) is 2.43. The minimum atomic E-state index is 0.615. The van der Waals surface area contributed by atoms with E-state index < -0.39 is 0 Å². The standard InChI is InChI=1S/C19H29N5O/c1-5-20-19(21-10-11-24-15-16(2)14-22-24)23(4)12-13-25-18-9-7-6-8-17(18)3/h6-9,14-15H,5,10-13H2,1-4H3,(H,20,21). The van der Waals surface area contributed by atoms with E-state index in [-0.39, 0.29) is 0 Å². The Balaban J connectivity index is 1.83. The van der Waals surface area contributed by atoms with Crippen LogP contribution in [0, 0.1) is 13.8 Å². The SMILES string of the molecule is CCNC(=NCCn1cc(C)cn1)N(C)CCOc1ccccc1C. The molecule has 1 aromatic heterocycles. The molecule has 2 rings (SSSR count). The molecule has 0 bridgehead atoms. The summed E-state index contributed by atoms with van der Waals surface area (Å²) in [4.78, 5) is 6.77. The second kappa shape index (κ2) is 9.71. The van der Waals surface area contributed by atoms with Crippen LogP contribution in [0.5, 0.6) is 5.75 Å². The minimum Gasteiger partial charge on any atom is -0.491 e. The first-order chi connectivity index (χ1) is 12.1. The van der Waals surface area contributed by atoms with E-state index in [1.165, 1.54) is 5.56 Å². The molecule has 6 heteroatoms. The van der Waals surface area contributed by atoms with Crippen LogP contribution in [0.2, 0.25) is 0 Å². The molecule has 136 valence electrons. The Hall–Kier alpha value is -2.50. The van der Waals surface area contributed by atoms with Crippen LogP contribution >= 0.6 is 0 Å². The van der Waals surface area contributed by atoms with Gasteiger partial charge in [0.2, 0.25) is 0 Å². The van der Waals surface area contributed by atoms with Gasteiger partial charge in [-0.05, 0) is 38.0 Å². The topological polar surface area (TPSA) is 54.7 Å². The maximum Gasteiger partial charge on any atom is 0.193 e. The number of hydrogen-bond acceptors (Lipinski definition) is 3. The number of guanidine groups is 1. The zero-order valence-electron chi connectivity index (χ0n) is 15.7. The number of aromatic nitrogens is 2. The van der Waals surface area contributed by atoms with Crippen LogP contribution in [0.25, 0.3) is 0 Å². The first kappa shape index (κ1) is 18.8. The summed E-state index contributed by atoms with van der Waals surface area (Å²) < 4.78 is 7.79.